The number of rotatable bonds is 6. The van der Waals surface area contributed by atoms with Crippen molar-refractivity contribution in [3.63, 3.8) is 0 Å². The van der Waals surface area contributed by atoms with E-state index in [-0.39, 0.29) is 10.8 Å². The highest BCUT2D eigenvalue weighted by molar-refractivity contribution is 7.99. The van der Waals surface area contributed by atoms with Crippen LogP contribution < -0.4 is 5.56 Å². The Kier molecular flexibility index (Phi) is 5.78. The fourth-order valence-corrected chi connectivity index (χ4v) is 3.82. The molecule has 3 aromatic rings. The molecule has 0 saturated heterocycles. The monoisotopic (exact) mass is 374 g/mol. The molecule has 1 aromatic heterocycles. The minimum Gasteiger partial charge on any atom is -0.383 e. The van der Waals surface area contributed by atoms with Gasteiger partial charge in [-0.15, -0.1) is 0 Å². The van der Waals surface area contributed by atoms with E-state index in [0.29, 0.717) is 34.2 Å². The van der Waals surface area contributed by atoms with Gasteiger partial charge in [-0.3, -0.25) is 9.36 Å². The van der Waals surface area contributed by atoms with Gasteiger partial charge in [-0.05, 0) is 30.7 Å². The number of methoxy groups -OCH3 is 1. The van der Waals surface area contributed by atoms with Gasteiger partial charge in [0.05, 0.1) is 24.1 Å². The third-order valence-corrected chi connectivity index (χ3v) is 5.34. The van der Waals surface area contributed by atoms with Gasteiger partial charge in [-0.2, -0.15) is 0 Å². The van der Waals surface area contributed by atoms with E-state index in [1.165, 1.54) is 5.56 Å². The maximum absolute atomic E-state index is 12.9. The molecule has 6 heteroatoms. The molecule has 3 rings (SSSR count). The van der Waals surface area contributed by atoms with Gasteiger partial charge in [-0.25, -0.2) is 4.98 Å². The lowest BCUT2D eigenvalue weighted by Gasteiger charge is -2.16. The Morgan fingerprint density at radius 1 is 1.24 bits per heavy atom. The van der Waals surface area contributed by atoms with E-state index in [0.717, 1.165) is 0 Å². The van der Waals surface area contributed by atoms with Crippen LogP contribution in [0.4, 0.5) is 0 Å². The van der Waals surface area contributed by atoms with E-state index < -0.39 is 0 Å². The van der Waals surface area contributed by atoms with Gasteiger partial charge in [0.2, 0.25) is 0 Å². The van der Waals surface area contributed by atoms with E-state index in [4.69, 9.17) is 21.3 Å². The van der Waals surface area contributed by atoms with E-state index in [1.54, 1.807) is 41.6 Å². The first-order valence-corrected chi connectivity index (χ1v) is 9.26. The van der Waals surface area contributed by atoms with Crippen LogP contribution in [0.25, 0.3) is 10.9 Å². The molecular weight excluding hydrogens is 356 g/mol. The zero-order valence-electron chi connectivity index (χ0n) is 14.1. The number of hydrogen-bond donors (Lipinski definition) is 0. The molecule has 0 aliphatic carbocycles. The predicted molar refractivity (Wildman–Crippen MR) is 104 cm³/mol. The number of fused-ring (bicyclic) bond motifs is 1. The average Bonchev–Trinajstić information content (AvgIpc) is 2.62. The fourth-order valence-electron chi connectivity index (χ4n) is 2.59. The van der Waals surface area contributed by atoms with Crippen LogP contribution in [-0.2, 0) is 11.3 Å². The largest absolute Gasteiger partial charge is 0.383 e. The van der Waals surface area contributed by atoms with E-state index in [1.807, 2.05) is 18.2 Å². The van der Waals surface area contributed by atoms with Crippen molar-refractivity contribution in [2.24, 2.45) is 0 Å². The molecule has 1 heterocycles. The van der Waals surface area contributed by atoms with Crippen molar-refractivity contribution in [1.82, 2.24) is 9.55 Å². The van der Waals surface area contributed by atoms with Crippen molar-refractivity contribution in [1.29, 1.82) is 0 Å². The molecule has 25 heavy (non-hydrogen) atoms. The Hall–Kier alpha value is -1.82. The molecular formula is C19H19ClN2O2S. The molecule has 0 spiro atoms. The summed E-state index contributed by atoms with van der Waals surface area (Å²) in [6.45, 7) is 3.02. The highest BCUT2D eigenvalue weighted by atomic mass is 35.5. The van der Waals surface area contributed by atoms with E-state index in [2.05, 4.69) is 19.1 Å². The van der Waals surface area contributed by atoms with Crippen molar-refractivity contribution < 1.29 is 4.74 Å². The van der Waals surface area contributed by atoms with Crippen molar-refractivity contribution in [2.75, 3.05) is 13.7 Å². The Balaban J connectivity index is 2.06. The third-order valence-electron chi connectivity index (χ3n) is 3.95. The predicted octanol–water partition coefficient (Wildman–Crippen LogP) is 4.55. The second kappa shape index (κ2) is 8.04. The topological polar surface area (TPSA) is 44.1 Å². The smallest absolute Gasteiger partial charge is 0.262 e. The van der Waals surface area contributed by atoms with Gasteiger partial charge >= 0.3 is 0 Å². The van der Waals surface area contributed by atoms with E-state index >= 15 is 0 Å². The standard InChI is InChI=1S/C19H19ClN2O2S/c1-13(14-6-4-3-5-7-14)25-19-21-17-12-15(20)8-9-16(17)18(23)22(19)10-11-24-2/h3-9,12-13H,10-11H2,1-2H3. The first-order chi connectivity index (χ1) is 12.1. The van der Waals surface area contributed by atoms with Crippen LogP contribution in [0.2, 0.25) is 5.02 Å². The summed E-state index contributed by atoms with van der Waals surface area (Å²) in [5, 5.41) is 1.98. The molecule has 0 N–H and O–H groups in total. The van der Waals surface area contributed by atoms with Crippen molar-refractivity contribution >= 4 is 34.3 Å². The number of halogens is 1. The number of ether oxygens (including phenoxy) is 1. The maximum atomic E-state index is 12.9. The van der Waals surface area contributed by atoms with Gasteiger partial charge in [0.15, 0.2) is 5.16 Å². The highest BCUT2D eigenvalue weighted by Crippen LogP contribution is 2.33. The summed E-state index contributed by atoms with van der Waals surface area (Å²) < 4.78 is 6.84. The van der Waals surface area contributed by atoms with Gasteiger partial charge < -0.3 is 4.74 Å². The van der Waals surface area contributed by atoms with Crippen LogP contribution in [0.1, 0.15) is 17.7 Å². The number of aromatic nitrogens is 2. The normalized spacial score (nSPS) is 12.4. The van der Waals surface area contributed by atoms with Gasteiger partial charge in [0, 0.05) is 17.4 Å². The molecule has 0 fully saturated rings. The lowest BCUT2D eigenvalue weighted by molar-refractivity contribution is 0.183. The molecule has 0 amide bonds. The van der Waals surface area contributed by atoms with Crippen LogP contribution in [0.3, 0.4) is 0 Å². The summed E-state index contributed by atoms with van der Waals surface area (Å²) in [5.74, 6) is 0. The Morgan fingerprint density at radius 2 is 2.00 bits per heavy atom. The SMILES string of the molecule is COCCn1c(SC(C)c2ccccc2)nc2cc(Cl)ccc2c1=O. The summed E-state index contributed by atoms with van der Waals surface area (Å²) in [6, 6.07) is 15.3. The number of hydrogen-bond acceptors (Lipinski definition) is 4. The summed E-state index contributed by atoms with van der Waals surface area (Å²) >= 11 is 7.63. The molecule has 0 saturated carbocycles. The first kappa shape index (κ1) is 18.0. The molecule has 4 nitrogen and oxygen atoms in total. The quantitative estimate of drug-likeness (QED) is 0.469. The molecule has 1 atom stereocenters. The Labute approximate surface area is 155 Å². The molecule has 2 aromatic carbocycles. The van der Waals surface area contributed by atoms with Crippen LogP contribution in [-0.4, -0.2) is 23.3 Å². The third kappa shape index (κ3) is 4.06. The maximum Gasteiger partial charge on any atom is 0.262 e. The summed E-state index contributed by atoms with van der Waals surface area (Å²) in [5.41, 5.74) is 1.74. The summed E-state index contributed by atoms with van der Waals surface area (Å²) in [7, 11) is 1.62. The first-order valence-electron chi connectivity index (χ1n) is 8.01. The Bertz CT molecular complexity index is 928. The molecule has 130 valence electrons. The van der Waals surface area contributed by atoms with Crippen molar-refractivity contribution in [3.8, 4) is 0 Å². The number of thioether (sulfide) groups is 1. The van der Waals surface area contributed by atoms with Crippen LogP contribution in [0.5, 0.6) is 0 Å². The molecule has 1 unspecified atom stereocenters. The number of benzene rings is 2. The van der Waals surface area contributed by atoms with Crippen LogP contribution in [0, 0.1) is 0 Å². The lowest BCUT2D eigenvalue weighted by atomic mass is 10.2. The zero-order chi connectivity index (χ0) is 17.8. The van der Waals surface area contributed by atoms with E-state index in [9.17, 15) is 4.79 Å². The van der Waals surface area contributed by atoms with Crippen molar-refractivity contribution in [3.05, 3.63) is 69.5 Å². The van der Waals surface area contributed by atoms with Gasteiger partial charge in [-0.1, -0.05) is 53.7 Å². The molecule has 0 bridgehead atoms. The van der Waals surface area contributed by atoms with Crippen LogP contribution >= 0.6 is 23.4 Å². The van der Waals surface area contributed by atoms with Gasteiger partial charge in [0.1, 0.15) is 0 Å². The second-order valence-corrected chi connectivity index (χ2v) is 7.42. The fraction of sp³-hybridized carbons (Fsp3) is 0.263. The number of nitrogens with zero attached hydrogens (tertiary/aromatic N) is 2. The Morgan fingerprint density at radius 3 is 2.72 bits per heavy atom. The highest BCUT2D eigenvalue weighted by Gasteiger charge is 2.15. The molecule has 0 radical (unpaired) electrons. The second-order valence-electron chi connectivity index (χ2n) is 5.68. The minimum absolute atomic E-state index is 0.0681. The van der Waals surface area contributed by atoms with Gasteiger partial charge in [0.25, 0.3) is 5.56 Å². The van der Waals surface area contributed by atoms with Crippen LogP contribution in [0.15, 0.2) is 58.5 Å². The van der Waals surface area contributed by atoms with Crippen molar-refractivity contribution in [2.45, 2.75) is 23.9 Å². The lowest BCUT2D eigenvalue weighted by Crippen LogP contribution is -2.25. The zero-order valence-corrected chi connectivity index (χ0v) is 15.7. The molecule has 0 aliphatic rings. The summed E-state index contributed by atoms with van der Waals surface area (Å²) in [6.07, 6.45) is 0. The summed E-state index contributed by atoms with van der Waals surface area (Å²) in [4.78, 5) is 17.6. The minimum atomic E-state index is -0.0681. The average molecular weight is 375 g/mol. The molecule has 0 aliphatic heterocycles.